The van der Waals surface area contributed by atoms with Crippen molar-refractivity contribution < 1.29 is 9.90 Å². The molecule has 0 saturated carbocycles. The maximum atomic E-state index is 12.9. The topological polar surface area (TPSA) is 126 Å². The molecule has 5 N–H and O–H groups in total. The van der Waals surface area contributed by atoms with Crippen molar-refractivity contribution in [3.8, 4) is 5.69 Å². The Bertz CT molecular complexity index is 1420. The summed E-state index contributed by atoms with van der Waals surface area (Å²) in [4.78, 5) is 23.6. The lowest BCUT2D eigenvalue weighted by Gasteiger charge is -2.05. The van der Waals surface area contributed by atoms with E-state index < -0.39 is 0 Å². The van der Waals surface area contributed by atoms with Gasteiger partial charge in [-0.1, -0.05) is 31.7 Å². The summed E-state index contributed by atoms with van der Waals surface area (Å²) in [5, 5.41) is 13.7. The first-order valence-corrected chi connectivity index (χ1v) is 10.7. The fraction of sp³-hybridized carbons (Fsp3) is 0.160. The molecule has 0 aliphatic carbocycles. The van der Waals surface area contributed by atoms with Gasteiger partial charge in [-0.3, -0.25) is 4.79 Å². The Kier molecular flexibility index (Phi) is 5.99. The zero-order chi connectivity index (χ0) is 23.5. The average molecular weight is 443 g/mol. The van der Waals surface area contributed by atoms with Crippen molar-refractivity contribution in [3.63, 3.8) is 0 Å². The molecule has 33 heavy (non-hydrogen) atoms. The fourth-order valence-electron chi connectivity index (χ4n) is 3.62. The van der Waals surface area contributed by atoms with Gasteiger partial charge in [0.2, 0.25) is 5.78 Å². The van der Waals surface area contributed by atoms with E-state index in [0.717, 1.165) is 46.3 Å². The number of allylic oxidation sites excluding steroid dienone is 1. The molecule has 0 saturated heterocycles. The van der Waals surface area contributed by atoms with Crippen molar-refractivity contribution in [2.24, 2.45) is 0 Å². The molecular formula is C25H26N6O2. The van der Waals surface area contributed by atoms with Gasteiger partial charge in [-0.25, -0.2) is 9.67 Å². The highest BCUT2D eigenvalue weighted by Crippen LogP contribution is 2.24. The van der Waals surface area contributed by atoms with Gasteiger partial charge in [0.1, 0.15) is 11.6 Å². The van der Waals surface area contributed by atoms with E-state index in [1.54, 1.807) is 4.68 Å². The third-order valence-electron chi connectivity index (χ3n) is 5.19. The number of nitrogen functional groups attached to an aromatic ring is 1. The van der Waals surface area contributed by atoms with Crippen LogP contribution >= 0.6 is 0 Å². The lowest BCUT2D eigenvalue weighted by atomic mass is 10.1. The molecule has 0 aliphatic heterocycles. The van der Waals surface area contributed by atoms with Gasteiger partial charge in [-0.15, -0.1) is 0 Å². The van der Waals surface area contributed by atoms with Crippen LogP contribution in [0.2, 0.25) is 0 Å². The van der Waals surface area contributed by atoms with E-state index in [-0.39, 0.29) is 11.5 Å². The minimum atomic E-state index is -0.187. The lowest BCUT2D eigenvalue weighted by Crippen LogP contribution is -2.07. The van der Waals surface area contributed by atoms with Crippen molar-refractivity contribution in [2.75, 3.05) is 5.73 Å². The van der Waals surface area contributed by atoms with Gasteiger partial charge < -0.3 is 20.8 Å². The molecule has 3 aromatic heterocycles. The standard InChI is InChI=1S/C20H16N6O.C5H10O/c1-11-23-16-7-6-13(9-17(16)24-11)26-20(21)14(10-22-26)19(27)18-8-12-4-2-3-5-15(12)25-18;1-3-4-5(2)6/h2-10,25H,21H2,1H3,(H,23,24);6H,2-4H2,1H3. The quantitative estimate of drug-likeness (QED) is 0.220. The highest BCUT2D eigenvalue weighted by molar-refractivity contribution is 6.12. The van der Waals surface area contributed by atoms with Crippen LogP contribution in [0.5, 0.6) is 0 Å². The highest BCUT2D eigenvalue weighted by atomic mass is 16.3. The monoisotopic (exact) mass is 442 g/mol. The van der Waals surface area contributed by atoms with Crippen LogP contribution in [0.25, 0.3) is 27.6 Å². The summed E-state index contributed by atoms with van der Waals surface area (Å²) in [6.45, 7) is 7.20. The number of hydrogen-bond acceptors (Lipinski definition) is 5. The number of imidazole rings is 1. The number of carbonyl (C=O) groups is 1. The maximum Gasteiger partial charge on any atom is 0.214 e. The van der Waals surface area contributed by atoms with Crippen LogP contribution in [0.4, 0.5) is 5.82 Å². The number of nitrogens with zero attached hydrogens (tertiary/aromatic N) is 3. The Balaban J connectivity index is 0.000000385. The predicted molar refractivity (Wildman–Crippen MR) is 131 cm³/mol. The number of nitrogens with two attached hydrogens (primary N) is 1. The number of aliphatic hydroxyl groups is 1. The molecule has 168 valence electrons. The van der Waals surface area contributed by atoms with Crippen molar-refractivity contribution in [3.05, 3.63) is 84.1 Å². The molecule has 5 rings (SSSR count). The molecule has 2 aromatic carbocycles. The van der Waals surface area contributed by atoms with Crippen LogP contribution in [-0.2, 0) is 0 Å². The summed E-state index contributed by atoms with van der Waals surface area (Å²) >= 11 is 0. The van der Waals surface area contributed by atoms with E-state index in [1.807, 2.05) is 62.4 Å². The third-order valence-corrected chi connectivity index (χ3v) is 5.19. The van der Waals surface area contributed by atoms with Gasteiger partial charge >= 0.3 is 0 Å². The first-order chi connectivity index (χ1) is 15.9. The first-order valence-electron chi connectivity index (χ1n) is 10.7. The maximum absolute atomic E-state index is 12.9. The molecular weight excluding hydrogens is 416 g/mol. The number of para-hydroxylation sites is 1. The number of aromatic amines is 2. The summed E-state index contributed by atoms with van der Waals surface area (Å²) in [5.74, 6) is 1.24. The number of H-pyrrole nitrogens is 2. The zero-order valence-corrected chi connectivity index (χ0v) is 18.6. The summed E-state index contributed by atoms with van der Waals surface area (Å²) < 4.78 is 1.56. The van der Waals surface area contributed by atoms with E-state index in [0.29, 0.717) is 17.1 Å². The molecule has 0 bridgehead atoms. The second-order valence-electron chi connectivity index (χ2n) is 7.79. The van der Waals surface area contributed by atoms with E-state index in [2.05, 4.69) is 26.6 Å². The van der Waals surface area contributed by atoms with Crippen LogP contribution in [-0.4, -0.2) is 35.6 Å². The molecule has 8 heteroatoms. The van der Waals surface area contributed by atoms with Crippen LogP contribution in [0.15, 0.2) is 67.1 Å². The molecule has 8 nitrogen and oxygen atoms in total. The number of aromatic nitrogens is 5. The SMILES string of the molecule is C=C(O)CCC.Cc1nc2ccc(-n3ncc(C(=O)c4cc5ccccc5[nH]4)c3N)cc2[nH]1. The van der Waals surface area contributed by atoms with E-state index in [4.69, 9.17) is 10.8 Å². The van der Waals surface area contributed by atoms with Gasteiger partial charge in [0.15, 0.2) is 0 Å². The van der Waals surface area contributed by atoms with Gasteiger partial charge in [0.25, 0.3) is 0 Å². The summed E-state index contributed by atoms with van der Waals surface area (Å²) in [7, 11) is 0. The molecule has 3 heterocycles. The number of aryl methyl sites for hydroxylation is 1. The van der Waals surface area contributed by atoms with Gasteiger partial charge in [-0.2, -0.15) is 5.10 Å². The number of carbonyl (C=O) groups excluding carboxylic acids is 1. The largest absolute Gasteiger partial charge is 0.513 e. The van der Waals surface area contributed by atoms with Crippen molar-refractivity contribution in [1.82, 2.24) is 24.7 Å². The van der Waals surface area contributed by atoms with Gasteiger partial charge in [0.05, 0.1) is 39.9 Å². The Morgan fingerprint density at radius 2 is 1.94 bits per heavy atom. The molecule has 0 fully saturated rings. The summed E-state index contributed by atoms with van der Waals surface area (Å²) in [6, 6.07) is 15.3. The van der Waals surface area contributed by atoms with E-state index in [9.17, 15) is 4.79 Å². The van der Waals surface area contributed by atoms with E-state index in [1.165, 1.54) is 6.20 Å². The van der Waals surface area contributed by atoms with E-state index >= 15 is 0 Å². The molecule has 0 atom stereocenters. The number of ketones is 1. The summed E-state index contributed by atoms with van der Waals surface area (Å²) in [6.07, 6.45) is 3.22. The molecule has 0 spiro atoms. The lowest BCUT2D eigenvalue weighted by molar-refractivity contribution is 0.103. The minimum absolute atomic E-state index is 0.187. The number of anilines is 1. The Morgan fingerprint density at radius 3 is 2.64 bits per heavy atom. The number of rotatable bonds is 5. The van der Waals surface area contributed by atoms with Gasteiger partial charge in [0, 0.05) is 17.3 Å². The molecule has 0 aliphatic rings. The predicted octanol–water partition coefficient (Wildman–Crippen LogP) is 5.21. The third kappa shape index (κ3) is 4.50. The minimum Gasteiger partial charge on any atom is -0.513 e. The Hall–Kier alpha value is -4.33. The Morgan fingerprint density at radius 1 is 1.15 bits per heavy atom. The number of nitrogens with one attached hydrogen (secondary N) is 2. The number of fused-ring (bicyclic) bond motifs is 2. The van der Waals surface area contributed by atoms with Crippen molar-refractivity contribution in [2.45, 2.75) is 26.7 Å². The zero-order valence-electron chi connectivity index (χ0n) is 18.6. The number of aliphatic hydroxyl groups excluding tert-OH is 1. The Labute approximate surface area is 190 Å². The first kappa shape index (κ1) is 21.9. The van der Waals surface area contributed by atoms with Crippen LogP contribution in [0.1, 0.15) is 41.6 Å². The smallest absolute Gasteiger partial charge is 0.214 e. The van der Waals surface area contributed by atoms with Crippen LogP contribution in [0, 0.1) is 6.92 Å². The normalized spacial score (nSPS) is 10.8. The molecule has 0 unspecified atom stereocenters. The molecule has 0 radical (unpaired) electrons. The fourth-order valence-corrected chi connectivity index (χ4v) is 3.62. The van der Waals surface area contributed by atoms with Crippen molar-refractivity contribution in [1.29, 1.82) is 0 Å². The highest BCUT2D eigenvalue weighted by Gasteiger charge is 2.19. The van der Waals surface area contributed by atoms with Crippen molar-refractivity contribution >= 4 is 33.5 Å². The second kappa shape index (κ2) is 9.04. The molecule has 0 amide bonds. The average Bonchev–Trinajstić information content (AvgIpc) is 3.48. The van der Waals surface area contributed by atoms with Gasteiger partial charge in [-0.05, 0) is 43.7 Å². The van der Waals surface area contributed by atoms with Crippen LogP contribution < -0.4 is 5.73 Å². The van der Waals surface area contributed by atoms with Crippen LogP contribution in [0.3, 0.4) is 0 Å². The number of hydrogen-bond donors (Lipinski definition) is 4. The summed E-state index contributed by atoms with van der Waals surface area (Å²) in [5.41, 5.74) is 10.5. The molecule has 5 aromatic rings. The second-order valence-corrected chi connectivity index (χ2v) is 7.79. The number of benzene rings is 2.